The third-order valence-electron chi connectivity index (χ3n) is 2.74. The van der Waals surface area contributed by atoms with Crippen molar-refractivity contribution in [2.45, 2.75) is 6.04 Å². The Morgan fingerprint density at radius 2 is 1.50 bits per heavy atom. The molecule has 2 aromatic carbocycles. The van der Waals surface area contributed by atoms with Gasteiger partial charge in [-0.3, -0.25) is 0 Å². The fraction of sp³-hybridized carbons (Fsp3) is 0.0769. The molecule has 1 nitrogen and oxygen atoms in total. The smallest absolute Gasteiger partial charge is 0.194 e. The summed E-state index contributed by atoms with van der Waals surface area (Å²) in [5.41, 5.74) is 5.60. The van der Waals surface area contributed by atoms with Crippen molar-refractivity contribution < 1.29 is 17.6 Å². The molecule has 0 radical (unpaired) electrons. The van der Waals surface area contributed by atoms with E-state index in [0.717, 1.165) is 18.2 Å². The van der Waals surface area contributed by atoms with Gasteiger partial charge in [-0.1, -0.05) is 11.6 Å². The zero-order valence-electron chi connectivity index (χ0n) is 9.73. The Kier molecular flexibility index (Phi) is 4.36. The Bertz CT molecular complexity index is 655. The highest BCUT2D eigenvalue weighted by Crippen LogP contribution is 2.31. The molecule has 7 heteroatoms. The summed E-state index contributed by atoms with van der Waals surface area (Å²) < 4.78 is 53.3. The lowest BCUT2D eigenvalue weighted by atomic mass is 9.99. The van der Waals surface area contributed by atoms with Crippen LogP contribution >= 0.6 is 27.5 Å². The lowest BCUT2D eigenvalue weighted by Crippen LogP contribution is -2.15. The molecular weight excluding hydrogens is 361 g/mol. The lowest BCUT2D eigenvalue weighted by Gasteiger charge is -2.15. The minimum absolute atomic E-state index is 0.0522. The summed E-state index contributed by atoms with van der Waals surface area (Å²) in [6, 6.07) is 2.60. The number of rotatable bonds is 2. The molecule has 0 amide bonds. The molecule has 0 heterocycles. The van der Waals surface area contributed by atoms with Crippen molar-refractivity contribution in [3.63, 3.8) is 0 Å². The van der Waals surface area contributed by atoms with Gasteiger partial charge in [-0.25, -0.2) is 17.6 Å². The Balaban J connectivity index is 2.51. The van der Waals surface area contributed by atoms with E-state index in [1.807, 2.05) is 0 Å². The van der Waals surface area contributed by atoms with Gasteiger partial charge < -0.3 is 5.73 Å². The molecule has 2 rings (SSSR count). The second kappa shape index (κ2) is 5.71. The van der Waals surface area contributed by atoms with Gasteiger partial charge in [0, 0.05) is 10.0 Å². The van der Waals surface area contributed by atoms with Gasteiger partial charge in [0.15, 0.2) is 17.5 Å². The fourth-order valence-corrected chi connectivity index (χ4v) is 2.20. The van der Waals surface area contributed by atoms with Gasteiger partial charge in [0.1, 0.15) is 5.82 Å². The molecule has 2 N–H and O–H groups in total. The summed E-state index contributed by atoms with van der Waals surface area (Å²) >= 11 is 8.86. The Morgan fingerprint density at radius 1 is 0.950 bits per heavy atom. The predicted molar refractivity (Wildman–Crippen MR) is 71.5 cm³/mol. The van der Waals surface area contributed by atoms with Gasteiger partial charge in [-0.2, -0.15) is 0 Å². The van der Waals surface area contributed by atoms with E-state index in [0.29, 0.717) is 4.47 Å². The van der Waals surface area contributed by atoms with Crippen molar-refractivity contribution in [3.05, 3.63) is 68.2 Å². The molecule has 0 fully saturated rings. The number of nitrogens with two attached hydrogens (primary N) is 1. The molecule has 0 aliphatic heterocycles. The summed E-state index contributed by atoms with van der Waals surface area (Å²) in [5, 5.41) is 0.194. The zero-order chi connectivity index (χ0) is 15.0. The number of halogens is 6. The summed E-state index contributed by atoms with van der Waals surface area (Å²) in [5.74, 6) is -5.08. The van der Waals surface area contributed by atoms with Gasteiger partial charge in [-0.15, -0.1) is 0 Å². The molecule has 0 spiro atoms. The van der Waals surface area contributed by atoms with Crippen LogP contribution in [0, 0.1) is 23.3 Å². The highest BCUT2D eigenvalue weighted by molar-refractivity contribution is 9.10. The van der Waals surface area contributed by atoms with Crippen LogP contribution in [-0.4, -0.2) is 0 Å². The second-order valence-electron chi connectivity index (χ2n) is 4.06. The van der Waals surface area contributed by atoms with Crippen LogP contribution in [0.25, 0.3) is 0 Å². The predicted octanol–water partition coefficient (Wildman–Crippen LogP) is 4.71. The zero-order valence-corrected chi connectivity index (χ0v) is 12.1. The van der Waals surface area contributed by atoms with E-state index in [1.165, 1.54) is 6.07 Å². The maximum atomic E-state index is 13.8. The third-order valence-corrected chi connectivity index (χ3v) is 3.94. The van der Waals surface area contributed by atoms with Crippen LogP contribution in [0.2, 0.25) is 5.02 Å². The van der Waals surface area contributed by atoms with E-state index in [2.05, 4.69) is 15.9 Å². The van der Waals surface area contributed by atoms with E-state index < -0.39 is 29.3 Å². The summed E-state index contributed by atoms with van der Waals surface area (Å²) in [7, 11) is 0. The maximum absolute atomic E-state index is 13.8. The van der Waals surface area contributed by atoms with Crippen LogP contribution in [0.1, 0.15) is 17.2 Å². The standard InChI is InChI=1S/C13H7BrClF4N/c14-7-4-9(16)6(3-8(7)15)13(20)5-1-10(17)12(19)11(18)2-5/h1-4,13H,20H2. The first-order valence-electron chi connectivity index (χ1n) is 5.35. The van der Waals surface area contributed by atoms with E-state index in [4.69, 9.17) is 17.3 Å². The molecule has 106 valence electrons. The van der Waals surface area contributed by atoms with E-state index in [9.17, 15) is 17.6 Å². The van der Waals surface area contributed by atoms with Gasteiger partial charge >= 0.3 is 0 Å². The average Bonchev–Trinajstić information content (AvgIpc) is 2.38. The number of benzene rings is 2. The maximum Gasteiger partial charge on any atom is 0.194 e. The highest BCUT2D eigenvalue weighted by Gasteiger charge is 2.19. The molecular formula is C13H7BrClF4N. The van der Waals surface area contributed by atoms with E-state index in [1.54, 1.807) is 0 Å². The van der Waals surface area contributed by atoms with Crippen LogP contribution in [0.15, 0.2) is 28.7 Å². The normalized spacial score (nSPS) is 12.6. The van der Waals surface area contributed by atoms with Crippen LogP contribution < -0.4 is 5.73 Å². The van der Waals surface area contributed by atoms with Crippen LogP contribution in [0.4, 0.5) is 17.6 Å². The number of hydrogen-bond acceptors (Lipinski definition) is 1. The van der Waals surface area contributed by atoms with Crippen LogP contribution in [-0.2, 0) is 0 Å². The Labute approximate surface area is 125 Å². The third kappa shape index (κ3) is 2.82. The Hall–Kier alpha value is -1.11. The molecule has 1 atom stereocenters. The monoisotopic (exact) mass is 367 g/mol. The summed E-state index contributed by atoms with van der Waals surface area (Å²) in [6.45, 7) is 0. The van der Waals surface area contributed by atoms with Crippen molar-refractivity contribution >= 4 is 27.5 Å². The molecule has 0 aliphatic carbocycles. The Morgan fingerprint density at radius 3 is 2.05 bits per heavy atom. The molecule has 2 aromatic rings. The van der Waals surface area contributed by atoms with Crippen LogP contribution in [0.5, 0.6) is 0 Å². The molecule has 0 aliphatic rings. The van der Waals surface area contributed by atoms with E-state index >= 15 is 0 Å². The van der Waals surface area contributed by atoms with Gasteiger partial charge in [0.2, 0.25) is 0 Å². The minimum atomic E-state index is -1.60. The molecule has 20 heavy (non-hydrogen) atoms. The van der Waals surface area contributed by atoms with Crippen molar-refractivity contribution in [2.24, 2.45) is 5.73 Å². The lowest BCUT2D eigenvalue weighted by molar-refractivity contribution is 0.444. The largest absolute Gasteiger partial charge is 0.320 e. The fourth-order valence-electron chi connectivity index (χ4n) is 1.71. The van der Waals surface area contributed by atoms with Crippen molar-refractivity contribution in [1.29, 1.82) is 0 Å². The molecule has 0 aromatic heterocycles. The first kappa shape index (κ1) is 15.3. The van der Waals surface area contributed by atoms with E-state index in [-0.39, 0.29) is 16.1 Å². The van der Waals surface area contributed by atoms with Crippen molar-refractivity contribution in [1.82, 2.24) is 0 Å². The van der Waals surface area contributed by atoms with Crippen molar-refractivity contribution in [2.75, 3.05) is 0 Å². The first-order chi connectivity index (χ1) is 9.31. The quantitative estimate of drug-likeness (QED) is 0.464. The summed E-state index contributed by atoms with van der Waals surface area (Å²) in [6.07, 6.45) is 0. The molecule has 0 bridgehead atoms. The molecule has 1 unspecified atom stereocenters. The molecule has 0 saturated carbocycles. The van der Waals surface area contributed by atoms with Gasteiger partial charge in [0.05, 0.1) is 11.1 Å². The highest BCUT2D eigenvalue weighted by atomic mass is 79.9. The SMILES string of the molecule is NC(c1cc(F)c(F)c(F)c1)c1cc(Cl)c(Br)cc1F. The molecule has 0 saturated heterocycles. The van der Waals surface area contributed by atoms with Gasteiger partial charge in [0.25, 0.3) is 0 Å². The van der Waals surface area contributed by atoms with Crippen LogP contribution in [0.3, 0.4) is 0 Å². The topological polar surface area (TPSA) is 26.0 Å². The summed E-state index contributed by atoms with van der Waals surface area (Å²) in [4.78, 5) is 0. The van der Waals surface area contributed by atoms with Crippen molar-refractivity contribution in [3.8, 4) is 0 Å². The first-order valence-corrected chi connectivity index (χ1v) is 6.52. The van der Waals surface area contributed by atoms with Gasteiger partial charge in [-0.05, 0) is 45.8 Å². The minimum Gasteiger partial charge on any atom is -0.320 e. The average molecular weight is 369 g/mol. The second-order valence-corrected chi connectivity index (χ2v) is 5.33. The number of hydrogen-bond donors (Lipinski definition) is 1.